The normalized spacial score (nSPS) is 14.8. The number of rotatable bonds is 5. The maximum atomic E-state index is 9.15. The predicted molar refractivity (Wildman–Crippen MR) is 68.6 cm³/mol. The van der Waals surface area contributed by atoms with E-state index in [1.807, 2.05) is 0 Å². The van der Waals surface area contributed by atoms with Crippen LogP contribution in [0.3, 0.4) is 0 Å². The predicted octanol–water partition coefficient (Wildman–Crippen LogP) is 2.51. The van der Waals surface area contributed by atoms with Crippen LogP contribution in [0.15, 0.2) is 18.2 Å². The van der Waals surface area contributed by atoms with Crippen LogP contribution in [0.5, 0.6) is 0 Å². The highest BCUT2D eigenvalue weighted by molar-refractivity contribution is 5.36. The number of hydrogen-bond donors (Lipinski definition) is 2. The van der Waals surface area contributed by atoms with Crippen molar-refractivity contribution in [3.8, 4) is 0 Å². The molecule has 90 valence electrons. The monoisotopic (exact) mass is 221 g/mol. The van der Waals surface area contributed by atoms with Crippen molar-refractivity contribution in [1.82, 2.24) is 0 Å². The molecule has 2 heteroatoms. The number of aliphatic hydroxyl groups is 1. The molecule has 0 saturated carbocycles. The molecule has 2 atom stereocenters. The van der Waals surface area contributed by atoms with Crippen molar-refractivity contribution in [1.29, 1.82) is 0 Å². The van der Waals surface area contributed by atoms with Gasteiger partial charge in [-0.05, 0) is 43.4 Å². The quantitative estimate of drug-likeness (QED) is 0.802. The van der Waals surface area contributed by atoms with Crippen molar-refractivity contribution in [2.24, 2.45) is 5.73 Å². The van der Waals surface area contributed by atoms with Crippen LogP contribution in [0, 0.1) is 13.8 Å². The highest BCUT2D eigenvalue weighted by Crippen LogP contribution is 2.28. The Balaban J connectivity index is 3.05. The third kappa shape index (κ3) is 2.83. The first-order valence-electron chi connectivity index (χ1n) is 6.04. The first-order valence-corrected chi connectivity index (χ1v) is 6.04. The van der Waals surface area contributed by atoms with E-state index in [-0.39, 0.29) is 18.6 Å². The van der Waals surface area contributed by atoms with Crippen LogP contribution < -0.4 is 5.73 Å². The lowest BCUT2D eigenvalue weighted by Gasteiger charge is -2.25. The minimum Gasteiger partial charge on any atom is -0.396 e. The Morgan fingerprint density at radius 2 is 2.00 bits per heavy atom. The van der Waals surface area contributed by atoms with Gasteiger partial charge in [-0.25, -0.2) is 0 Å². The molecule has 1 rings (SSSR count). The number of aryl methyl sites for hydroxylation is 1. The molecule has 16 heavy (non-hydrogen) atoms. The fourth-order valence-corrected chi connectivity index (χ4v) is 2.20. The van der Waals surface area contributed by atoms with Crippen molar-refractivity contribution < 1.29 is 5.11 Å². The Morgan fingerprint density at radius 3 is 2.56 bits per heavy atom. The molecule has 0 fully saturated rings. The van der Waals surface area contributed by atoms with E-state index in [1.165, 1.54) is 16.7 Å². The third-order valence-corrected chi connectivity index (χ3v) is 3.47. The van der Waals surface area contributed by atoms with Crippen LogP contribution >= 0.6 is 0 Å². The maximum absolute atomic E-state index is 9.15. The largest absolute Gasteiger partial charge is 0.396 e. The van der Waals surface area contributed by atoms with Crippen LogP contribution in [0.1, 0.15) is 42.4 Å². The average molecular weight is 221 g/mol. The molecule has 0 aliphatic carbocycles. The lowest BCUT2D eigenvalue weighted by Crippen LogP contribution is -2.29. The molecule has 1 aromatic carbocycles. The standard InChI is InChI=1S/C14H23NO/c1-4-14(15)13(8-9-16)12-7-5-6-10(2)11(12)3/h5-7,13-14,16H,4,8-9,15H2,1-3H3. The van der Waals surface area contributed by atoms with E-state index in [1.54, 1.807) is 0 Å². The van der Waals surface area contributed by atoms with E-state index < -0.39 is 0 Å². The van der Waals surface area contributed by atoms with E-state index >= 15 is 0 Å². The summed E-state index contributed by atoms with van der Waals surface area (Å²) in [5, 5.41) is 9.15. The Morgan fingerprint density at radius 1 is 1.31 bits per heavy atom. The van der Waals surface area contributed by atoms with E-state index in [2.05, 4.69) is 39.0 Å². The highest BCUT2D eigenvalue weighted by Gasteiger charge is 2.19. The van der Waals surface area contributed by atoms with Crippen molar-refractivity contribution in [2.45, 2.75) is 45.6 Å². The molecule has 2 nitrogen and oxygen atoms in total. The zero-order valence-corrected chi connectivity index (χ0v) is 10.5. The molecule has 0 radical (unpaired) electrons. The van der Waals surface area contributed by atoms with Gasteiger partial charge in [0.1, 0.15) is 0 Å². The van der Waals surface area contributed by atoms with Crippen LogP contribution in [-0.4, -0.2) is 17.8 Å². The second-order valence-corrected chi connectivity index (χ2v) is 4.48. The van der Waals surface area contributed by atoms with Gasteiger partial charge in [0.05, 0.1) is 0 Å². The summed E-state index contributed by atoms with van der Waals surface area (Å²) in [5.41, 5.74) is 10.0. The smallest absolute Gasteiger partial charge is 0.0437 e. The maximum Gasteiger partial charge on any atom is 0.0437 e. The van der Waals surface area contributed by atoms with Crippen molar-refractivity contribution in [3.63, 3.8) is 0 Å². The van der Waals surface area contributed by atoms with E-state index in [0.29, 0.717) is 0 Å². The Kier molecular flexibility index (Phi) is 4.97. The Bertz CT molecular complexity index is 336. The summed E-state index contributed by atoms with van der Waals surface area (Å²) in [4.78, 5) is 0. The fourth-order valence-electron chi connectivity index (χ4n) is 2.20. The van der Waals surface area contributed by atoms with Crippen molar-refractivity contribution >= 4 is 0 Å². The SMILES string of the molecule is CCC(N)C(CCO)c1cccc(C)c1C. The molecule has 0 aliphatic rings. The second kappa shape index (κ2) is 6.02. The van der Waals surface area contributed by atoms with Crippen molar-refractivity contribution in [3.05, 3.63) is 34.9 Å². The summed E-state index contributed by atoms with van der Waals surface area (Å²) in [6, 6.07) is 6.46. The number of aliphatic hydroxyl groups excluding tert-OH is 1. The highest BCUT2D eigenvalue weighted by atomic mass is 16.3. The van der Waals surface area contributed by atoms with Gasteiger partial charge in [-0.2, -0.15) is 0 Å². The topological polar surface area (TPSA) is 46.2 Å². The summed E-state index contributed by atoms with van der Waals surface area (Å²) < 4.78 is 0. The summed E-state index contributed by atoms with van der Waals surface area (Å²) in [7, 11) is 0. The van der Waals surface area contributed by atoms with Gasteiger partial charge in [-0.1, -0.05) is 25.1 Å². The van der Waals surface area contributed by atoms with Gasteiger partial charge in [0, 0.05) is 18.6 Å². The summed E-state index contributed by atoms with van der Waals surface area (Å²) in [6.07, 6.45) is 1.69. The van der Waals surface area contributed by atoms with Gasteiger partial charge >= 0.3 is 0 Å². The van der Waals surface area contributed by atoms with Gasteiger partial charge in [0.25, 0.3) is 0 Å². The van der Waals surface area contributed by atoms with Gasteiger partial charge in [-0.3, -0.25) is 0 Å². The molecule has 0 amide bonds. The summed E-state index contributed by atoms with van der Waals surface area (Å²) in [6.45, 7) is 6.55. The molecule has 0 aromatic heterocycles. The Labute approximate surface area is 98.5 Å². The van der Waals surface area contributed by atoms with E-state index in [9.17, 15) is 0 Å². The number of benzene rings is 1. The molecule has 3 N–H and O–H groups in total. The van der Waals surface area contributed by atoms with Crippen molar-refractivity contribution in [2.75, 3.05) is 6.61 Å². The Hall–Kier alpha value is -0.860. The zero-order chi connectivity index (χ0) is 12.1. The molecule has 0 spiro atoms. The molecule has 2 unspecified atom stereocenters. The first-order chi connectivity index (χ1) is 7.61. The minimum atomic E-state index is 0.132. The summed E-state index contributed by atoms with van der Waals surface area (Å²) >= 11 is 0. The molecule has 0 saturated heterocycles. The lowest BCUT2D eigenvalue weighted by molar-refractivity contribution is 0.266. The molecular weight excluding hydrogens is 198 g/mol. The fraction of sp³-hybridized carbons (Fsp3) is 0.571. The average Bonchev–Trinajstić information content (AvgIpc) is 2.29. The van der Waals surface area contributed by atoms with Crippen LogP contribution in [-0.2, 0) is 0 Å². The number of hydrogen-bond acceptors (Lipinski definition) is 2. The first kappa shape index (κ1) is 13.2. The van der Waals surface area contributed by atoms with E-state index in [4.69, 9.17) is 10.8 Å². The van der Waals surface area contributed by atoms with Crippen LogP contribution in [0.25, 0.3) is 0 Å². The summed E-state index contributed by atoms with van der Waals surface area (Å²) in [5.74, 6) is 0.273. The molecule has 0 heterocycles. The molecular formula is C14H23NO. The minimum absolute atomic E-state index is 0.132. The molecule has 1 aromatic rings. The second-order valence-electron chi connectivity index (χ2n) is 4.48. The third-order valence-electron chi connectivity index (χ3n) is 3.47. The van der Waals surface area contributed by atoms with Gasteiger partial charge in [0.15, 0.2) is 0 Å². The van der Waals surface area contributed by atoms with E-state index in [0.717, 1.165) is 12.8 Å². The van der Waals surface area contributed by atoms with Crippen LogP contribution in [0.2, 0.25) is 0 Å². The molecule has 0 aliphatic heterocycles. The van der Waals surface area contributed by atoms with Gasteiger partial charge in [0.2, 0.25) is 0 Å². The number of nitrogens with two attached hydrogens (primary N) is 1. The molecule has 0 bridgehead atoms. The zero-order valence-electron chi connectivity index (χ0n) is 10.5. The van der Waals surface area contributed by atoms with Gasteiger partial charge < -0.3 is 10.8 Å². The lowest BCUT2D eigenvalue weighted by atomic mass is 9.84. The van der Waals surface area contributed by atoms with Gasteiger partial charge in [-0.15, -0.1) is 0 Å². The van der Waals surface area contributed by atoms with Crippen LogP contribution in [0.4, 0.5) is 0 Å².